The molecule has 0 aromatic heterocycles. The fraction of sp³-hybridized carbons (Fsp3) is 0.929. The molecule has 1 fully saturated rings. The Morgan fingerprint density at radius 2 is 2.00 bits per heavy atom. The van der Waals surface area contributed by atoms with Crippen LogP contribution in [0.5, 0.6) is 0 Å². The van der Waals surface area contributed by atoms with Crippen LogP contribution in [0.4, 0.5) is 13.6 Å². The molecule has 1 aliphatic rings. The number of nitrogens with one attached hydrogen (secondary N) is 1. The van der Waals surface area contributed by atoms with Crippen molar-refractivity contribution in [1.29, 1.82) is 0 Å². The van der Waals surface area contributed by atoms with Gasteiger partial charge in [-0.05, 0) is 34.6 Å². The lowest BCUT2D eigenvalue weighted by Gasteiger charge is -2.34. The molecule has 23 heavy (non-hydrogen) atoms. The molecule has 3 atom stereocenters. The van der Waals surface area contributed by atoms with Crippen molar-refractivity contribution in [3.63, 3.8) is 0 Å². The second-order valence-electron chi connectivity index (χ2n) is 6.86. The number of ether oxygens (including phenoxy) is 3. The van der Waals surface area contributed by atoms with Gasteiger partial charge in [-0.2, -0.15) is 0 Å². The van der Waals surface area contributed by atoms with Crippen molar-refractivity contribution < 1.29 is 38.0 Å². The number of alkyl halides is 2. The van der Waals surface area contributed by atoms with E-state index in [1.807, 2.05) is 5.32 Å². The number of carbonyl (C=O) groups is 1. The molecular formula is C14H25F2NO6. The van der Waals surface area contributed by atoms with Crippen molar-refractivity contribution >= 4 is 6.09 Å². The fourth-order valence-corrected chi connectivity index (χ4v) is 2.08. The molecule has 9 heteroatoms. The zero-order valence-electron chi connectivity index (χ0n) is 13.9. The van der Waals surface area contributed by atoms with Gasteiger partial charge in [-0.15, -0.1) is 0 Å². The number of halogens is 2. The number of hydrogen-bond acceptors (Lipinski definition) is 6. The first-order valence-electron chi connectivity index (χ1n) is 7.26. The van der Waals surface area contributed by atoms with E-state index in [0.29, 0.717) is 0 Å². The van der Waals surface area contributed by atoms with Crippen molar-refractivity contribution in [3.05, 3.63) is 0 Å². The zero-order valence-corrected chi connectivity index (χ0v) is 13.9. The molecule has 136 valence electrons. The van der Waals surface area contributed by atoms with Gasteiger partial charge < -0.3 is 29.7 Å². The van der Waals surface area contributed by atoms with Crippen LogP contribution in [-0.2, 0) is 14.2 Å². The first kappa shape index (κ1) is 20.0. The average molecular weight is 341 g/mol. The van der Waals surface area contributed by atoms with Gasteiger partial charge in [-0.1, -0.05) is 0 Å². The Hall–Kier alpha value is -1.03. The van der Waals surface area contributed by atoms with Crippen molar-refractivity contribution in [2.45, 2.75) is 70.2 Å². The van der Waals surface area contributed by atoms with Gasteiger partial charge in [0, 0.05) is 0 Å². The van der Waals surface area contributed by atoms with E-state index in [4.69, 9.17) is 19.3 Å². The fourth-order valence-electron chi connectivity index (χ4n) is 2.08. The number of hydrogen-bond donors (Lipinski definition) is 3. The van der Waals surface area contributed by atoms with Crippen LogP contribution in [0.2, 0.25) is 0 Å². The summed E-state index contributed by atoms with van der Waals surface area (Å²) in [6, 6.07) is -1.93. The van der Waals surface area contributed by atoms with Crippen LogP contribution >= 0.6 is 0 Å². The molecule has 1 rings (SSSR count). The van der Waals surface area contributed by atoms with Gasteiger partial charge in [-0.3, -0.25) is 0 Å². The summed E-state index contributed by atoms with van der Waals surface area (Å²) in [4.78, 5) is 11.8. The van der Waals surface area contributed by atoms with E-state index in [2.05, 4.69) is 0 Å². The molecule has 1 saturated heterocycles. The molecule has 1 amide bonds. The van der Waals surface area contributed by atoms with Gasteiger partial charge in [0.15, 0.2) is 5.79 Å². The smallest absolute Gasteiger partial charge is 0.408 e. The largest absolute Gasteiger partial charge is 0.444 e. The normalized spacial score (nSPS) is 24.1. The summed E-state index contributed by atoms with van der Waals surface area (Å²) in [5.41, 5.74) is -0.883. The second kappa shape index (κ2) is 6.84. The maximum Gasteiger partial charge on any atom is 0.408 e. The monoisotopic (exact) mass is 341 g/mol. The molecule has 0 aromatic carbocycles. The van der Waals surface area contributed by atoms with Crippen molar-refractivity contribution in [3.8, 4) is 0 Å². The Morgan fingerprint density at radius 3 is 2.39 bits per heavy atom. The molecule has 3 N–H and O–H groups in total. The number of amides is 1. The third-order valence-corrected chi connectivity index (χ3v) is 3.11. The van der Waals surface area contributed by atoms with Gasteiger partial charge >= 0.3 is 6.09 Å². The van der Waals surface area contributed by atoms with E-state index in [1.54, 1.807) is 20.8 Å². The molecule has 0 saturated carbocycles. The highest BCUT2D eigenvalue weighted by Gasteiger charge is 2.54. The Morgan fingerprint density at radius 1 is 1.43 bits per heavy atom. The van der Waals surface area contributed by atoms with Gasteiger partial charge in [-0.25, -0.2) is 13.6 Å². The number of rotatable bonds is 5. The number of aliphatic hydroxyl groups excluding tert-OH is 2. The van der Waals surface area contributed by atoms with Gasteiger partial charge in [0.1, 0.15) is 23.9 Å². The Labute approximate surface area is 133 Å². The molecule has 1 heterocycles. The van der Waals surface area contributed by atoms with Gasteiger partial charge in [0.2, 0.25) is 0 Å². The summed E-state index contributed by atoms with van der Waals surface area (Å²) < 4.78 is 44.3. The summed E-state index contributed by atoms with van der Waals surface area (Å²) in [5, 5.41) is 20.3. The molecule has 0 spiro atoms. The first-order valence-corrected chi connectivity index (χ1v) is 7.26. The molecule has 0 unspecified atom stereocenters. The summed E-state index contributed by atoms with van der Waals surface area (Å²) >= 11 is 0. The summed E-state index contributed by atoms with van der Waals surface area (Å²) in [7, 11) is 0. The molecule has 1 aliphatic heterocycles. The van der Waals surface area contributed by atoms with Crippen LogP contribution < -0.4 is 5.32 Å². The molecule has 0 bridgehead atoms. The van der Waals surface area contributed by atoms with Crippen molar-refractivity contribution in [2.24, 2.45) is 0 Å². The van der Waals surface area contributed by atoms with Crippen LogP contribution in [0.25, 0.3) is 0 Å². The average Bonchev–Trinajstić information content (AvgIpc) is 2.72. The van der Waals surface area contributed by atoms with Crippen molar-refractivity contribution in [1.82, 2.24) is 5.32 Å². The number of alkyl carbamates (subject to hydrolysis) is 1. The maximum absolute atomic E-state index is 14.4. The molecule has 0 radical (unpaired) electrons. The third-order valence-electron chi connectivity index (χ3n) is 3.11. The van der Waals surface area contributed by atoms with E-state index in [1.165, 1.54) is 13.8 Å². The Balaban J connectivity index is 2.96. The van der Waals surface area contributed by atoms with Gasteiger partial charge in [0.25, 0.3) is 5.92 Å². The van der Waals surface area contributed by atoms with E-state index in [-0.39, 0.29) is 6.61 Å². The molecule has 0 aliphatic carbocycles. The lowest BCUT2D eigenvalue weighted by molar-refractivity contribution is -0.184. The third kappa shape index (κ3) is 5.52. The lowest BCUT2D eigenvalue weighted by Crippen LogP contribution is -2.61. The first-order chi connectivity index (χ1) is 10.3. The van der Waals surface area contributed by atoms with Crippen LogP contribution in [0.15, 0.2) is 0 Å². The van der Waals surface area contributed by atoms with E-state index >= 15 is 0 Å². The van der Waals surface area contributed by atoms with E-state index in [0.717, 1.165) is 0 Å². The van der Waals surface area contributed by atoms with E-state index < -0.39 is 48.3 Å². The predicted molar refractivity (Wildman–Crippen MR) is 76.1 cm³/mol. The molecular weight excluding hydrogens is 316 g/mol. The van der Waals surface area contributed by atoms with Crippen LogP contribution in [-0.4, -0.2) is 65.1 Å². The minimum atomic E-state index is -3.85. The highest BCUT2D eigenvalue weighted by atomic mass is 19.3. The molecule has 7 nitrogen and oxygen atoms in total. The van der Waals surface area contributed by atoms with Crippen LogP contribution in [0.1, 0.15) is 34.6 Å². The minimum Gasteiger partial charge on any atom is -0.444 e. The van der Waals surface area contributed by atoms with Gasteiger partial charge in [0.05, 0.1) is 13.2 Å². The highest BCUT2D eigenvalue weighted by Crippen LogP contribution is 2.33. The van der Waals surface area contributed by atoms with E-state index in [9.17, 15) is 18.7 Å². The highest BCUT2D eigenvalue weighted by molar-refractivity contribution is 5.68. The summed E-state index contributed by atoms with van der Waals surface area (Å²) in [6.07, 6.45) is -4.66. The number of carbonyl (C=O) groups excluding carboxylic acids is 1. The summed E-state index contributed by atoms with van der Waals surface area (Å²) in [6.45, 7) is 6.45. The quantitative estimate of drug-likeness (QED) is 0.691. The SMILES string of the molecule is CC(C)(C)OC(=O)N[C@@H]([C@H]1COC(C)(C)O1)C(F)(F)[C@@H](O)CO. The van der Waals surface area contributed by atoms with Crippen LogP contribution in [0.3, 0.4) is 0 Å². The Bertz CT molecular complexity index is 424. The topological polar surface area (TPSA) is 97.3 Å². The molecule has 0 aromatic rings. The second-order valence-corrected chi connectivity index (χ2v) is 6.86. The Kier molecular flexibility index (Phi) is 5.95. The van der Waals surface area contributed by atoms with Crippen LogP contribution in [0, 0.1) is 0 Å². The van der Waals surface area contributed by atoms with Crippen molar-refractivity contribution in [2.75, 3.05) is 13.2 Å². The lowest BCUT2D eigenvalue weighted by atomic mass is 9.99. The maximum atomic E-state index is 14.4. The summed E-state index contributed by atoms with van der Waals surface area (Å²) in [5.74, 6) is -4.95. The zero-order chi connectivity index (χ0) is 18.1. The number of aliphatic hydroxyl groups is 2. The standard InChI is InChI=1S/C14H25F2NO6/c1-12(2,3)23-11(20)17-10(14(15,16)9(19)6-18)8-7-21-13(4,5)22-8/h8-10,18-19H,6-7H2,1-5H3,(H,17,20)/t8-,9+,10+/m1/s1. The predicted octanol–water partition coefficient (Wildman–Crippen LogP) is 1.02. The minimum absolute atomic E-state index is 0.207.